The molecule has 0 fully saturated rings. The van der Waals surface area contributed by atoms with E-state index in [-0.39, 0.29) is 23.0 Å². The first-order valence-electron chi connectivity index (χ1n) is 8.81. The van der Waals surface area contributed by atoms with Crippen molar-refractivity contribution in [3.63, 3.8) is 0 Å². The summed E-state index contributed by atoms with van der Waals surface area (Å²) in [6.07, 6.45) is 0. The van der Waals surface area contributed by atoms with Crippen molar-refractivity contribution in [3.8, 4) is 11.5 Å². The van der Waals surface area contributed by atoms with Gasteiger partial charge < -0.3 is 20.4 Å². The summed E-state index contributed by atoms with van der Waals surface area (Å²) in [5.74, 6) is -0.530. The number of nitrogens with zero attached hydrogens (tertiary/aromatic N) is 1. The largest absolute Gasteiger partial charge is 0.508 e. The molecule has 0 atom stereocenters. The van der Waals surface area contributed by atoms with Crippen molar-refractivity contribution >= 4 is 11.6 Å². The lowest BCUT2D eigenvalue weighted by molar-refractivity contribution is 0.0748. The lowest BCUT2D eigenvalue weighted by Gasteiger charge is -2.16. The van der Waals surface area contributed by atoms with Crippen LogP contribution in [0.4, 0.5) is 5.69 Å². The summed E-state index contributed by atoms with van der Waals surface area (Å²) in [5.41, 5.74) is 4.59. The third-order valence-corrected chi connectivity index (χ3v) is 4.81. The fraction of sp³-hybridized carbons (Fsp3) is 0.136. The molecule has 1 heterocycles. The van der Waals surface area contributed by atoms with Gasteiger partial charge in [-0.3, -0.25) is 4.79 Å². The minimum absolute atomic E-state index is 0.0684. The van der Waals surface area contributed by atoms with E-state index in [1.54, 1.807) is 4.90 Å². The Hall–Kier alpha value is -3.47. The summed E-state index contributed by atoms with van der Waals surface area (Å²) in [5, 5.41) is 22.9. The molecule has 0 saturated carbocycles. The number of hydrogen-bond acceptors (Lipinski definition) is 4. The predicted molar refractivity (Wildman–Crippen MR) is 104 cm³/mol. The van der Waals surface area contributed by atoms with E-state index in [0.29, 0.717) is 19.6 Å². The zero-order chi connectivity index (χ0) is 18.8. The molecule has 1 aliphatic heterocycles. The van der Waals surface area contributed by atoms with E-state index in [0.717, 1.165) is 16.8 Å². The van der Waals surface area contributed by atoms with Gasteiger partial charge in [0.2, 0.25) is 0 Å². The van der Waals surface area contributed by atoms with Gasteiger partial charge in [0.05, 0.1) is 5.56 Å². The Morgan fingerprint density at radius 1 is 0.963 bits per heavy atom. The highest BCUT2D eigenvalue weighted by Crippen LogP contribution is 2.32. The Morgan fingerprint density at radius 2 is 1.78 bits per heavy atom. The topological polar surface area (TPSA) is 72.8 Å². The lowest BCUT2D eigenvalue weighted by Crippen LogP contribution is -2.25. The van der Waals surface area contributed by atoms with Crippen LogP contribution in [0.5, 0.6) is 11.5 Å². The van der Waals surface area contributed by atoms with Gasteiger partial charge >= 0.3 is 0 Å². The van der Waals surface area contributed by atoms with Gasteiger partial charge in [-0.2, -0.15) is 0 Å². The summed E-state index contributed by atoms with van der Waals surface area (Å²) in [7, 11) is 0. The van der Waals surface area contributed by atoms with Crippen LogP contribution in [0, 0.1) is 0 Å². The summed E-state index contributed by atoms with van der Waals surface area (Å²) >= 11 is 0. The van der Waals surface area contributed by atoms with E-state index < -0.39 is 0 Å². The molecule has 0 aliphatic carbocycles. The molecule has 4 rings (SSSR count). The molecule has 1 aliphatic rings. The van der Waals surface area contributed by atoms with Crippen molar-refractivity contribution < 1.29 is 15.0 Å². The molecule has 5 nitrogen and oxygen atoms in total. The summed E-state index contributed by atoms with van der Waals surface area (Å²) in [6, 6.07) is 20.2. The standard InChI is InChI=1S/C22H20N2O3/c25-17-9-10-18(21(26)11-17)22(27)24-13-16-7-4-8-20(19(16)14-24)23-12-15-5-2-1-3-6-15/h1-11,23,25-26H,12-14H2. The maximum absolute atomic E-state index is 12.8. The van der Waals surface area contributed by atoms with Gasteiger partial charge in [0, 0.05) is 31.4 Å². The van der Waals surface area contributed by atoms with E-state index in [2.05, 4.69) is 17.4 Å². The van der Waals surface area contributed by atoms with Gasteiger partial charge in [-0.05, 0) is 34.9 Å². The summed E-state index contributed by atoms with van der Waals surface area (Å²) < 4.78 is 0. The molecule has 3 aromatic rings. The highest BCUT2D eigenvalue weighted by molar-refractivity contribution is 5.97. The fourth-order valence-electron chi connectivity index (χ4n) is 3.40. The third-order valence-electron chi connectivity index (χ3n) is 4.81. The zero-order valence-corrected chi connectivity index (χ0v) is 14.7. The van der Waals surface area contributed by atoms with Crippen molar-refractivity contribution in [1.82, 2.24) is 4.90 Å². The van der Waals surface area contributed by atoms with Gasteiger partial charge in [-0.15, -0.1) is 0 Å². The number of benzene rings is 3. The van der Waals surface area contributed by atoms with Crippen molar-refractivity contribution in [2.75, 3.05) is 5.32 Å². The van der Waals surface area contributed by atoms with Gasteiger partial charge in [0.15, 0.2) is 0 Å². The number of nitrogens with one attached hydrogen (secondary N) is 1. The Labute approximate surface area is 157 Å². The molecule has 0 radical (unpaired) electrons. The normalized spacial score (nSPS) is 12.7. The summed E-state index contributed by atoms with van der Waals surface area (Å²) in [6.45, 7) is 1.69. The molecule has 0 unspecified atom stereocenters. The number of hydrogen-bond donors (Lipinski definition) is 3. The predicted octanol–water partition coefficient (Wildman–Crippen LogP) is 3.87. The lowest BCUT2D eigenvalue weighted by atomic mass is 10.1. The average molecular weight is 360 g/mol. The number of rotatable bonds is 4. The smallest absolute Gasteiger partial charge is 0.258 e. The van der Waals surface area contributed by atoms with Crippen LogP contribution in [0.1, 0.15) is 27.0 Å². The number of phenolic OH excluding ortho intramolecular Hbond substituents is 2. The van der Waals surface area contributed by atoms with Crippen molar-refractivity contribution in [2.24, 2.45) is 0 Å². The van der Waals surface area contributed by atoms with Gasteiger partial charge in [-0.25, -0.2) is 0 Å². The fourth-order valence-corrected chi connectivity index (χ4v) is 3.40. The van der Waals surface area contributed by atoms with Gasteiger partial charge in [0.1, 0.15) is 11.5 Å². The van der Waals surface area contributed by atoms with Crippen LogP contribution in [0.25, 0.3) is 0 Å². The Morgan fingerprint density at radius 3 is 2.56 bits per heavy atom. The van der Waals surface area contributed by atoms with Crippen LogP contribution in [0.15, 0.2) is 66.7 Å². The molecule has 3 N–H and O–H groups in total. The third kappa shape index (κ3) is 3.44. The molecule has 0 saturated heterocycles. The molecule has 5 heteroatoms. The van der Waals surface area contributed by atoms with Crippen LogP contribution in [-0.4, -0.2) is 21.0 Å². The van der Waals surface area contributed by atoms with Crippen LogP contribution < -0.4 is 5.32 Å². The van der Waals surface area contributed by atoms with E-state index in [1.807, 2.05) is 36.4 Å². The number of carbonyl (C=O) groups excluding carboxylic acids is 1. The molecule has 0 bridgehead atoms. The van der Waals surface area contributed by atoms with Crippen molar-refractivity contribution in [1.29, 1.82) is 0 Å². The number of aromatic hydroxyl groups is 2. The molecule has 1 amide bonds. The van der Waals surface area contributed by atoms with E-state index in [1.165, 1.54) is 23.8 Å². The number of fused-ring (bicyclic) bond motifs is 1. The molecule has 27 heavy (non-hydrogen) atoms. The van der Waals surface area contributed by atoms with E-state index >= 15 is 0 Å². The second-order valence-electron chi connectivity index (χ2n) is 6.65. The minimum atomic E-state index is -0.252. The molecule has 0 spiro atoms. The van der Waals surface area contributed by atoms with Crippen LogP contribution in [0.3, 0.4) is 0 Å². The summed E-state index contributed by atoms with van der Waals surface area (Å²) in [4.78, 5) is 14.5. The first-order valence-corrected chi connectivity index (χ1v) is 8.81. The number of phenols is 2. The van der Waals surface area contributed by atoms with E-state index in [9.17, 15) is 15.0 Å². The quantitative estimate of drug-likeness (QED) is 0.660. The number of carbonyl (C=O) groups is 1. The molecule has 3 aromatic carbocycles. The highest BCUT2D eigenvalue weighted by atomic mass is 16.3. The first-order chi connectivity index (χ1) is 13.1. The number of amides is 1. The second kappa shape index (κ2) is 7.03. The monoisotopic (exact) mass is 360 g/mol. The Kier molecular flexibility index (Phi) is 4.42. The van der Waals surface area contributed by atoms with Gasteiger partial charge in [0.25, 0.3) is 5.91 Å². The first kappa shape index (κ1) is 17.0. The van der Waals surface area contributed by atoms with Crippen LogP contribution in [-0.2, 0) is 19.6 Å². The highest BCUT2D eigenvalue weighted by Gasteiger charge is 2.27. The molecule has 0 aromatic heterocycles. The average Bonchev–Trinajstić information content (AvgIpc) is 3.11. The SMILES string of the molecule is O=C(c1ccc(O)cc1O)N1Cc2cccc(NCc3ccccc3)c2C1. The number of anilines is 1. The molecular weight excluding hydrogens is 340 g/mol. The second-order valence-corrected chi connectivity index (χ2v) is 6.65. The molecular formula is C22H20N2O3. The Balaban J connectivity index is 1.52. The van der Waals surface area contributed by atoms with Crippen molar-refractivity contribution in [3.05, 3.63) is 89.0 Å². The zero-order valence-electron chi connectivity index (χ0n) is 14.7. The van der Waals surface area contributed by atoms with Crippen LogP contribution >= 0.6 is 0 Å². The van der Waals surface area contributed by atoms with Crippen molar-refractivity contribution in [2.45, 2.75) is 19.6 Å². The van der Waals surface area contributed by atoms with Gasteiger partial charge in [-0.1, -0.05) is 42.5 Å². The maximum atomic E-state index is 12.8. The molecule has 136 valence electrons. The Bertz CT molecular complexity index is 986. The maximum Gasteiger partial charge on any atom is 0.258 e. The van der Waals surface area contributed by atoms with E-state index in [4.69, 9.17) is 0 Å². The van der Waals surface area contributed by atoms with Crippen LogP contribution in [0.2, 0.25) is 0 Å². The minimum Gasteiger partial charge on any atom is -0.508 e.